The molecule has 0 spiro atoms. The van der Waals surface area contributed by atoms with Crippen LogP contribution in [0.15, 0.2) is 66.7 Å². The first-order valence-corrected chi connectivity index (χ1v) is 14.7. The molecule has 0 radical (unpaired) electrons. The van der Waals surface area contributed by atoms with Crippen molar-refractivity contribution in [1.82, 2.24) is 19.8 Å². The molecule has 1 atom stereocenters. The van der Waals surface area contributed by atoms with Crippen LogP contribution in [0.3, 0.4) is 0 Å². The minimum absolute atomic E-state index is 0.0235. The third kappa shape index (κ3) is 7.77. The molecule has 4 aromatic rings. The van der Waals surface area contributed by atoms with Crippen LogP contribution in [0.25, 0.3) is 11.3 Å². The summed E-state index contributed by atoms with van der Waals surface area (Å²) in [5, 5.41) is 17.0. The van der Waals surface area contributed by atoms with Gasteiger partial charge in [0.25, 0.3) is 0 Å². The largest absolute Gasteiger partial charge is 0.630 e. The number of anilines is 2. The summed E-state index contributed by atoms with van der Waals surface area (Å²) in [5.74, 6) is -0.388. The first kappa shape index (κ1) is 31.9. The van der Waals surface area contributed by atoms with E-state index in [0.717, 1.165) is 11.0 Å². The number of amides is 2. The molecule has 0 fully saturated rings. The van der Waals surface area contributed by atoms with Crippen molar-refractivity contribution in [1.29, 1.82) is 0 Å². The van der Waals surface area contributed by atoms with Gasteiger partial charge in [-0.05, 0) is 68.8 Å². The third-order valence-electron chi connectivity index (χ3n) is 7.11. The number of nitrogens with zero attached hydrogens (tertiary/aromatic N) is 3. The Balaban J connectivity index is 1.44. The van der Waals surface area contributed by atoms with Crippen molar-refractivity contribution in [3.05, 3.63) is 100.0 Å². The molecular weight excluding hydrogens is 606 g/mol. The van der Waals surface area contributed by atoms with E-state index in [1.165, 1.54) is 24.3 Å². The number of carbonyl (C=O) groups excluding carboxylic acids is 2. The van der Waals surface area contributed by atoms with Crippen LogP contribution in [0.4, 0.5) is 30.8 Å². The average Bonchev–Trinajstić information content (AvgIpc) is 3.35. The van der Waals surface area contributed by atoms with Gasteiger partial charge in [0.1, 0.15) is 46.3 Å². The lowest BCUT2D eigenvalue weighted by Crippen LogP contribution is -2.70. The maximum absolute atomic E-state index is 14.3. The average molecular weight is 639 g/mol. The number of hydrogen-bond acceptors (Lipinski definition) is 6. The van der Waals surface area contributed by atoms with Gasteiger partial charge in [0.15, 0.2) is 0 Å². The lowest BCUT2D eigenvalue weighted by molar-refractivity contribution is -0.497. The number of ether oxygens (including phenoxy) is 1. The lowest BCUT2D eigenvalue weighted by Gasteiger charge is -2.32. The Kier molecular flexibility index (Phi) is 9.37. The van der Waals surface area contributed by atoms with E-state index >= 15 is 0 Å². The van der Waals surface area contributed by atoms with Crippen LogP contribution in [0.1, 0.15) is 32.2 Å². The number of nitrogens with two attached hydrogens (primary N) is 1. The number of quaternary nitrogens is 1. The maximum Gasteiger partial charge on any atom is 0.408 e. The molecule has 3 aromatic carbocycles. The highest BCUT2D eigenvalue weighted by molar-refractivity contribution is 6.30. The molecule has 1 aromatic heterocycles. The summed E-state index contributed by atoms with van der Waals surface area (Å²) in [7, 11) is 0. The van der Waals surface area contributed by atoms with E-state index in [1.807, 2.05) is 4.57 Å². The molecular formula is C32H33ClF2N6O4. The van der Waals surface area contributed by atoms with Gasteiger partial charge in [0.2, 0.25) is 5.91 Å². The lowest BCUT2D eigenvalue weighted by atomic mass is 10.0. The van der Waals surface area contributed by atoms with Crippen LogP contribution in [0.5, 0.6) is 0 Å². The summed E-state index contributed by atoms with van der Waals surface area (Å²) in [6.45, 7) is 5.86. The molecule has 13 heteroatoms. The molecule has 5 rings (SSSR count). The molecule has 0 unspecified atom stereocenters. The highest BCUT2D eigenvalue weighted by Gasteiger charge is 2.33. The van der Waals surface area contributed by atoms with Crippen molar-refractivity contribution >= 4 is 40.8 Å². The number of rotatable bonds is 8. The molecule has 0 bridgehead atoms. The van der Waals surface area contributed by atoms with Gasteiger partial charge in [-0.1, -0.05) is 35.9 Å². The second-order valence-electron chi connectivity index (χ2n) is 11.7. The minimum Gasteiger partial charge on any atom is -0.630 e. The summed E-state index contributed by atoms with van der Waals surface area (Å²) in [4.78, 5) is 33.1. The zero-order valence-corrected chi connectivity index (χ0v) is 25.7. The molecule has 1 aliphatic rings. The van der Waals surface area contributed by atoms with E-state index < -0.39 is 29.4 Å². The molecule has 236 valence electrons. The Hall–Kier alpha value is -4.52. The Labute approximate surface area is 263 Å². The smallest absolute Gasteiger partial charge is 0.408 e. The van der Waals surface area contributed by atoms with E-state index in [0.29, 0.717) is 40.8 Å². The van der Waals surface area contributed by atoms with Gasteiger partial charge in [-0.25, -0.2) is 18.6 Å². The van der Waals surface area contributed by atoms with Gasteiger partial charge in [0, 0.05) is 30.8 Å². The third-order valence-corrected chi connectivity index (χ3v) is 7.42. The monoisotopic (exact) mass is 638 g/mol. The number of nitrogens with one attached hydrogen (secondary N) is 2. The van der Waals surface area contributed by atoms with E-state index in [1.54, 1.807) is 68.1 Å². The second-order valence-corrected chi connectivity index (χ2v) is 12.1. The van der Waals surface area contributed by atoms with Gasteiger partial charge in [-0.15, -0.1) is 0 Å². The van der Waals surface area contributed by atoms with Crippen LogP contribution in [0, 0.1) is 16.8 Å². The standard InChI is InChI=1S/C32H33ClF2N6O4/c1-32(2,3)45-31(43)37-26(15-19-7-9-22(39-44)10-8-19)30(42)40-13-14-41-27(18-40)38-28(20-5-4-6-21(34)16-20)29(41)36-23-11-12-24(33)25(35)17-23/h4-12,16-17,26,36H,13-15,18,39H2,1-3H3,(H,37,43)/t26-/m0/s1. The van der Waals surface area contributed by atoms with Gasteiger partial charge < -0.3 is 35.5 Å². The van der Waals surface area contributed by atoms with Crippen molar-refractivity contribution in [2.75, 3.05) is 11.9 Å². The molecule has 2 amide bonds. The highest BCUT2D eigenvalue weighted by Crippen LogP contribution is 2.34. The van der Waals surface area contributed by atoms with Gasteiger partial charge >= 0.3 is 6.09 Å². The van der Waals surface area contributed by atoms with Crippen molar-refractivity contribution in [2.45, 2.75) is 51.9 Å². The Morgan fingerprint density at radius 2 is 1.84 bits per heavy atom. The summed E-state index contributed by atoms with van der Waals surface area (Å²) >= 11 is 5.87. The molecule has 10 nitrogen and oxygen atoms in total. The molecule has 0 saturated heterocycles. The topological polar surface area (TPSA) is 128 Å². The predicted molar refractivity (Wildman–Crippen MR) is 166 cm³/mol. The van der Waals surface area contributed by atoms with E-state index in [4.69, 9.17) is 21.3 Å². The van der Waals surface area contributed by atoms with Crippen molar-refractivity contribution in [3.8, 4) is 11.3 Å². The fourth-order valence-electron chi connectivity index (χ4n) is 5.03. The summed E-state index contributed by atoms with van der Waals surface area (Å²) in [6, 6.07) is 16.0. The fraction of sp³-hybridized carbons (Fsp3) is 0.281. The number of fused-ring (bicyclic) bond motifs is 1. The quantitative estimate of drug-likeness (QED) is 0.175. The van der Waals surface area contributed by atoms with E-state index in [9.17, 15) is 23.6 Å². The Morgan fingerprint density at radius 1 is 1.09 bits per heavy atom. The summed E-state index contributed by atoms with van der Waals surface area (Å²) in [5.41, 5.74) is 2.52. The number of alkyl carbamates (subject to hydrolysis) is 1. The van der Waals surface area contributed by atoms with Crippen LogP contribution in [0.2, 0.25) is 5.02 Å². The van der Waals surface area contributed by atoms with Crippen LogP contribution in [-0.4, -0.2) is 44.6 Å². The zero-order chi connectivity index (χ0) is 32.3. The van der Waals surface area contributed by atoms with E-state index in [-0.39, 0.29) is 30.4 Å². The number of hydrogen-bond donors (Lipinski definition) is 3. The predicted octanol–water partition coefficient (Wildman–Crippen LogP) is 5.40. The normalized spacial score (nSPS) is 13.6. The minimum atomic E-state index is -0.972. The van der Waals surface area contributed by atoms with Crippen molar-refractivity contribution in [3.63, 3.8) is 0 Å². The number of halogens is 3. The Bertz CT molecular complexity index is 1710. The molecule has 2 heterocycles. The summed E-state index contributed by atoms with van der Waals surface area (Å²) < 4.78 is 35.8. The molecule has 45 heavy (non-hydrogen) atoms. The number of aromatic nitrogens is 2. The van der Waals surface area contributed by atoms with Gasteiger partial charge in [0.05, 0.1) is 11.6 Å². The number of imidazole rings is 1. The Morgan fingerprint density at radius 3 is 2.51 bits per heavy atom. The van der Waals surface area contributed by atoms with Crippen LogP contribution in [-0.2, 0) is 29.0 Å². The highest BCUT2D eigenvalue weighted by atomic mass is 35.5. The molecule has 1 aliphatic heterocycles. The number of benzene rings is 3. The molecule has 0 aliphatic carbocycles. The zero-order valence-electron chi connectivity index (χ0n) is 24.9. The van der Waals surface area contributed by atoms with Crippen molar-refractivity contribution < 1.29 is 28.6 Å². The van der Waals surface area contributed by atoms with Crippen LogP contribution >= 0.6 is 11.6 Å². The SMILES string of the molecule is CC(C)(C)OC(=O)N[C@@H](Cc1ccc([NH2+][O-])cc1)C(=O)N1CCn2c(nc(-c3cccc(F)c3)c2Nc2ccc(Cl)c(F)c2)C1. The molecule has 4 N–H and O–H groups in total. The van der Waals surface area contributed by atoms with Gasteiger partial charge in [-0.2, -0.15) is 0 Å². The fourth-order valence-corrected chi connectivity index (χ4v) is 5.15. The maximum atomic E-state index is 14.3. The molecule has 0 saturated carbocycles. The second kappa shape index (κ2) is 13.2. The van der Waals surface area contributed by atoms with E-state index in [2.05, 4.69) is 10.6 Å². The first-order valence-electron chi connectivity index (χ1n) is 14.3. The van der Waals surface area contributed by atoms with Crippen molar-refractivity contribution in [2.24, 2.45) is 0 Å². The summed E-state index contributed by atoms with van der Waals surface area (Å²) in [6.07, 6.45) is -0.579. The first-order chi connectivity index (χ1) is 21.4. The number of carbonyl (C=O) groups is 2. The van der Waals surface area contributed by atoms with Crippen LogP contribution < -0.4 is 16.1 Å². The van der Waals surface area contributed by atoms with Gasteiger partial charge in [-0.3, -0.25) is 4.79 Å².